The van der Waals surface area contributed by atoms with Crippen LogP contribution in [-0.4, -0.2) is 21.5 Å². The van der Waals surface area contributed by atoms with Crippen molar-refractivity contribution in [1.29, 1.82) is 0 Å². The predicted molar refractivity (Wildman–Crippen MR) is 78.8 cm³/mol. The van der Waals surface area contributed by atoms with Crippen molar-refractivity contribution >= 4 is 21.4 Å². The SMILES string of the molecule is CNCc1cc(S(=O)(=O)NC2CCC(C)CC2)cs1. The van der Waals surface area contributed by atoms with Crippen LogP contribution in [0.1, 0.15) is 37.5 Å². The Kier molecular flexibility index (Phi) is 5.00. The van der Waals surface area contributed by atoms with Gasteiger partial charge in [-0.2, -0.15) is 0 Å². The highest BCUT2D eigenvalue weighted by atomic mass is 32.2. The number of nitrogens with one attached hydrogen (secondary N) is 2. The maximum absolute atomic E-state index is 12.3. The zero-order valence-electron chi connectivity index (χ0n) is 11.5. The van der Waals surface area contributed by atoms with Crippen LogP contribution in [0.5, 0.6) is 0 Å². The molecular weight excluding hydrogens is 280 g/mol. The van der Waals surface area contributed by atoms with Gasteiger partial charge in [0.25, 0.3) is 0 Å². The lowest BCUT2D eigenvalue weighted by molar-refractivity contribution is 0.332. The Balaban J connectivity index is 2.01. The summed E-state index contributed by atoms with van der Waals surface area (Å²) < 4.78 is 27.4. The third kappa shape index (κ3) is 4.02. The van der Waals surface area contributed by atoms with Gasteiger partial charge in [-0.05, 0) is 44.7 Å². The van der Waals surface area contributed by atoms with Crippen molar-refractivity contribution in [2.24, 2.45) is 5.92 Å². The van der Waals surface area contributed by atoms with E-state index in [9.17, 15) is 8.42 Å². The van der Waals surface area contributed by atoms with Crippen molar-refractivity contribution in [1.82, 2.24) is 10.0 Å². The largest absolute Gasteiger partial charge is 0.315 e. The minimum atomic E-state index is -3.34. The van der Waals surface area contributed by atoms with Gasteiger partial charge in [-0.3, -0.25) is 0 Å². The van der Waals surface area contributed by atoms with Crippen molar-refractivity contribution in [3.05, 3.63) is 16.3 Å². The van der Waals surface area contributed by atoms with Crippen molar-refractivity contribution in [2.75, 3.05) is 7.05 Å². The second kappa shape index (κ2) is 6.35. The average molecular weight is 302 g/mol. The molecule has 0 amide bonds. The summed E-state index contributed by atoms with van der Waals surface area (Å²) in [5.74, 6) is 0.726. The molecule has 1 heterocycles. The molecule has 0 bridgehead atoms. The highest BCUT2D eigenvalue weighted by Crippen LogP contribution is 2.25. The van der Waals surface area contributed by atoms with E-state index in [1.165, 1.54) is 11.3 Å². The molecular formula is C13H22N2O2S2. The third-order valence-corrected chi connectivity index (χ3v) is 6.21. The van der Waals surface area contributed by atoms with Crippen LogP contribution in [0.15, 0.2) is 16.3 Å². The molecule has 1 aromatic heterocycles. The number of hydrogen-bond acceptors (Lipinski definition) is 4. The lowest BCUT2D eigenvalue weighted by atomic mass is 9.88. The van der Waals surface area contributed by atoms with Crippen molar-refractivity contribution in [3.63, 3.8) is 0 Å². The smallest absolute Gasteiger partial charge is 0.241 e. The van der Waals surface area contributed by atoms with Crippen LogP contribution in [0.25, 0.3) is 0 Å². The van der Waals surface area contributed by atoms with Crippen LogP contribution in [0.2, 0.25) is 0 Å². The molecule has 2 rings (SSSR count). The molecule has 0 aliphatic heterocycles. The first-order valence-electron chi connectivity index (χ1n) is 6.75. The quantitative estimate of drug-likeness (QED) is 0.877. The molecule has 0 aromatic carbocycles. The van der Waals surface area contributed by atoms with E-state index in [2.05, 4.69) is 17.0 Å². The summed E-state index contributed by atoms with van der Waals surface area (Å²) in [6.45, 7) is 2.94. The van der Waals surface area contributed by atoms with Gasteiger partial charge in [0.1, 0.15) is 0 Å². The molecule has 1 fully saturated rings. The Morgan fingerprint density at radius 1 is 1.32 bits per heavy atom. The van der Waals surface area contributed by atoms with Gasteiger partial charge in [-0.25, -0.2) is 13.1 Å². The Morgan fingerprint density at radius 2 is 2.00 bits per heavy atom. The lowest BCUT2D eigenvalue weighted by Gasteiger charge is -2.26. The first-order valence-corrected chi connectivity index (χ1v) is 9.12. The number of sulfonamides is 1. The van der Waals surface area contributed by atoms with Crippen LogP contribution in [0, 0.1) is 5.92 Å². The van der Waals surface area contributed by atoms with Gasteiger partial charge in [-0.15, -0.1) is 11.3 Å². The van der Waals surface area contributed by atoms with Gasteiger partial charge in [0.2, 0.25) is 10.0 Å². The third-order valence-electron chi connectivity index (χ3n) is 3.63. The Hall–Kier alpha value is -0.430. The first kappa shape index (κ1) is 15.0. The van der Waals surface area contributed by atoms with Gasteiger partial charge < -0.3 is 5.32 Å². The molecule has 1 saturated carbocycles. The molecule has 1 aliphatic carbocycles. The number of rotatable bonds is 5. The van der Waals surface area contributed by atoms with Crippen LogP contribution in [-0.2, 0) is 16.6 Å². The number of thiophene rings is 1. The molecule has 2 N–H and O–H groups in total. The molecule has 0 saturated heterocycles. The maximum atomic E-state index is 12.3. The Morgan fingerprint density at radius 3 is 2.63 bits per heavy atom. The van der Waals surface area contributed by atoms with Crippen LogP contribution < -0.4 is 10.0 Å². The van der Waals surface area contributed by atoms with Gasteiger partial charge in [-0.1, -0.05) is 6.92 Å². The van der Waals surface area contributed by atoms with Gasteiger partial charge >= 0.3 is 0 Å². The first-order chi connectivity index (χ1) is 9.01. The van der Waals surface area contributed by atoms with E-state index in [-0.39, 0.29) is 6.04 Å². The highest BCUT2D eigenvalue weighted by molar-refractivity contribution is 7.89. The molecule has 6 heteroatoms. The minimum absolute atomic E-state index is 0.105. The fourth-order valence-corrected chi connectivity index (χ4v) is 5.03. The standard InChI is InChI=1S/C13H22N2O2S2/c1-10-3-5-11(6-4-10)15-19(16,17)13-7-12(8-14-2)18-9-13/h7,9-11,14-15H,3-6,8H2,1-2H3. The molecule has 1 aliphatic rings. The summed E-state index contributed by atoms with van der Waals surface area (Å²) in [6.07, 6.45) is 4.13. The molecule has 108 valence electrons. The minimum Gasteiger partial charge on any atom is -0.315 e. The zero-order valence-corrected chi connectivity index (χ0v) is 13.1. The topological polar surface area (TPSA) is 58.2 Å². The Bertz CT molecular complexity index is 502. The van der Waals surface area contributed by atoms with Crippen molar-refractivity contribution in [2.45, 2.75) is 50.1 Å². The maximum Gasteiger partial charge on any atom is 0.241 e. The van der Waals surface area contributed by atoms with E-state index < -0.39 is 10.0 Å². The number of hydrogen-bond donors (Lipinski definition) is 2. The molecule has 0 spiro atoms. The van der Waals surface area contributed by atoms with Crippen LogP contribution >= 0.6 is 11.3 Å². The second-order valence-corrected chi connectivity index (χ2v) is 8.07. The summed E-state index contributed by atoms with van der Waals surface area (Å²) in [6, 6.07) is 1.86. The second-order valence-electron chi connectivity index (χ2n) is 5.36. The molecule has 0 atom stereocenters. The lowest BCUT2D eigenvalue weighted by Crippen LogP contribution is -2.37. The molecule has 4 nitrogen and oxygen atoms in total. The molecule has 19 heavy (non-hydrogen) atoms. The molecule has 0 unspecified atom stereocenters. The van der Waals surface area contributed by atoms with Crippen LogP contribution in [0.3, 0.4) is 0 Å². The van der Waals surface area contributed by atoms with Gasteiger partial charge in [0.05, 0.1) is 4.90 Å². The van der Waals surface area contributed by atoms with Gasteiger partial charge in [0.15, 0.2) is 0 Å². The summed E-state index contributed by atoms with van der Waals surface area (Å²) >= 11 is 1.48. The monoisotopic (exact) mass is 302 g/mol. The molecule has 1 aromatic rings. The predicted octanol–water partition coefficient (Wildman–Crippen LogP) is 2.32. The van der Waals surface area contributed by atoms with Crippen molar-refractivity contribution in [3.8, 4) is 0 Å². The summed E-state index contributed by atoms with van der Waals surface area (Å²) in [5.41, 5.74) is 0. The zero-order chi connectivity index (χ0) is 13.9. The summed E-state index contributed by atoms with van der Waals surface area (Å²) in [4.78, 5) is 1.45. The van der Waals surface area contributed by atoms with E-state index in [0.29, 0.717) is 11.4 Å². The van der Waals surface area contributed by atoms with Crippen LogP contribution in [0.4, 0.5) is 0 Å². The van der Waals surface area contributed by atoms with E-state index in [1.54, 1.807) is 11.4 Å². The summed E-state index contributed by atoms with van der Waals surface area (Å²) in [5, 5.41) is 4.75. The van der Waals surface area contributed by atoms with Crippen molar-refractivity contribution < 1.29 is 8.42 Å². The average Bonchev–Trinajstić information content (AvgIpc) is 2.82. The Labute approximate surface area is 119 Å². The van der Waals surface area contributed by atoms with E-state index in [4.69, 9.17) is 0 Å². The fourth-order valence-electron chi connectivity index (χ4n) is 2.43. The van der Waals surface area contributed by atoms with E-state index in [0.717, 1.165) is 36.5 Å². The highest BCUT2D eigenvalue weighted by Gasteiger charge is 2.24. The van der Waals surface area contributed by atoms with E-state index >= 15 is 0 Å². The fraction of sp³-hybridized carbons (Fsp3) is 0.692. The summed E-state index contributed by atoms with van der Waals surface area (Å²) in [7, 11) is -1.49. The normalized spacial score (nSPS) is 24.5. The molecule has 0 radical (unpaired) electrons. The van der Waals surface area contributed by atoms with E-state index in [1.807, 2.05) is 7.05 Å². The van der Waals surface area contributed by atoms with Gasteiger partial charge in [0, 0.05) is 22.8 Å².